The first kappa shape index (κ1) is 17.0. The van der Waals surface area contributed by atoms with Crippen molar-refractivity contribution in [3.8, 4) is 11.1 Å². The lowest BCUT2D eigenvalue weighted by atomic mass is 9.66. The number of rotatable bonds is 4. The zero-order valence-electron chi connectivity index (χ0n) is 16.2. The van der Waals surface area contributed by atoms with Crippen LogP contribution in [0.4, 0.5) is 0 Å². The summed E-state index contributed by atoms with van der Waals surface area (Å²) in [5.41, 5.74) is 9.76. The summed E-state index contributed by atoms with van der Waals surface area (Å²) < 4.78 is 0. The minimum absolute atomic E-state index is 0.143. The summed E-state index contributed by atoms with van der Waals surface area (Å²) in [6, 6.07) is 37.8. The highest BCUT2D eigenvalue weighted by atomic mass is 14.4. The highest BCUT2D eigenvalue weighted by Crippen LogP contribution is 2.48. The van der Waals surface area contributed by atoms with E-state index in [1.165, 1.54) is 38.9 Å². The second-order valence-corrected chi connectivity index (χ2v) is 7.66. The molecule has 1 aliphatic carbocycles. The van der Waals surface area contributed by atoms with Gasteiger partial charge >= 0.3 is 0 Å². The van der Waals surface area contributed by atoms with Crippen molar-refractivity contribution in [2.24, 2.45) is 0 Å². The van der Waals surface area contributed by atoms with Gasteiger partial charge in [-0.05, 0) is 51.8 Å². The molecule has 0 heteroatoms. The van der Waals surface area contributed by atoms with Gasteiger partial charge in [0.1, 0.15) is 0 Å². The second kappa shape index (κ2) is 6.80. The minimum Gasteiger partial charge on any atom is -0.0639 e. The molecule has 0 amide bonds. The fourth-order valence-electron chi connectivity index (χ4n) is 5.08. The summed E-state index contributed by atoms with van der Waals surface area (Å²) >= 11 is 0. The maximum atomic E-state index is 2.36. The zero-order chi connectivity index (χ0) is 19.0. The van der Waals surface area contributed by atoms with Gasteiger partial charge in [-0.15, -0.1) is 0 Å². The zero-order valence-corrected chi connectivity index (χ0v) is 16.2. The molecule has 0 saturated heterocycles. The van der Waals surface area contributed by atoms with Crippen molar-refractivity contribution in [1.82, 2.24) is 0 Å². The van der Waals surface area contributed by atoms with Crippen molar-refractivity contribution < 1.29 is 0 Å². The molecule has 0 atom stereocenters. The van der Waals surface area contributed by atoms with Crippen LogP contribution in [-0.4, -0.2) is 0 Å². The van der Waals surface area contributed by atoms with E-state index < -0.39 is 0 Å². The van der Waals surface area contributed by atoms with Crippen LogP contribution in [0.3, 0.4) is 0 Å². The molecule has 4 aromatic rings. The molecule has 28 heavy (non-hydrogen) atoms. The maximum Gasteiger partial charge on any atom is 0.0451 e. The van der Waals surface area contributed by atoms with Gasteiger partial charge in [0, 0.05) is 5.41 Å². The fraction of sp³-hybridized carbons (Fsp3) is 0.143. The molecule has 0 saturated carbocycles. The molecule has 0 spiro atoms. The lowest BCUT2D eigenvalue weighted by Gasteiger charge is -2.36. The molecule has 5 rings (SSSR count). The third kappa shape index (κ3) is 2.45. The van der Waals surface area contributed by atoms with E-state index in [4.69, 9.17) is 0 Å². The van der Waals surface area contributed by atoms with Crippen LogP contribution in [0, 0.1) is 0 Å². The molecule has 0 aliphatic heterocycles. The van der Waals surface area contributed by atoms with Crippen LogP contribution in [0.1, 0.15) is 41.2 Å². The Kier molecular flexibility index (Phi) is 4.13. The van der Waals surface area contributed by atoms with Gasteiger partial charge in [-0.25, -0.2) is 0 Å². The smallest absolute Gasteiger partial charge is 0.0451 e. The summed E-state index contributed by atoms with van der Waals surface area (Å²) in [7, 11) is 0. The number of hydrogen-bond acceptors (Lipinski definition) is 0. The van der Waals surface area contributed by atoms with Crippen molar-refractivity contribution in [1.29, 1.82) is 0 Å². The predicted molar refractivity (Wildman–Crippen MR) is 118 cm³/mol. The first-order valence-electron chi connectivity index (χ1n) is 10.2. The fourth-order valence-corrected chi connectivity index (χ4v) is 5.08. The van der Waals surface area contributed by atoms with Gasteiger partial charge in [0.25, 0.3) is 0 Å². The third-order valence-electron chi connectivity index (χ3n) is 6.37. The average molecular weight is 361 g/mol. The van der Waals surface area contributed by atoms with Crippen molar-refractivity contribution in [3.63, 3.8) is 0 Å². The van der Waals surface area contributed by atoms with Gasteiger partial charge in [-0.3, -0.25) is 0 Å². The molecule has 0 heterocycles. The van der Waals surface area contributed by atoms with Gasteiger partial charge in [0.2, 0.25) is 0 Å². The molecule has 0 N–H and O–H groups in total. The molecule has 0 nitrogen and oxygen atoms in total. The molecule has 1 aliphatic rings. The molecular formula is C28H24. The molecule has 0 fully saturated rings. The van der Waals surface area contributed by atoms with Gasteiger partial charge in [0.15, 0.2) is 0 Å². The lowest BCUT2D eigenvalue weighted by Crippen LogP contribution is -2.30. The van der Waals surface area contributed by atoms with Crippen LogP contribution in [-0.2, 0) is 11.8 Å². The summed E-state index contributed by atoms with van der Waals surface area (Å²) in [6.45, 7) is 2.32. The number of hydrogen-bond donors (Lipinski definition) is 0. The van der Waals surface area contributed by atoms with E-state index >= 15 is 0 Å². The van der Waals surface area contributed by atoms with Crippen LogP contribution >= 0.6 is 0 Å². The molecule has 4 aromatic carbocycles. The molecular weight excluding hydrogens is 336 g/mol. The van der Waals surface area contributed by atoms with Crippen LogP contribution in [0.5, 0.6) is 0 Å². The van der Waals surface area contributed by atoms with Crippen molar-refractivity contribution in [2.75, 3.05) is 0 Å². The highest BCUT2D eigenvalue weighted by molar-refractivity contribution is 5.79. The van der Waals surface area contributed by atoms with E-state index in [-0.39, 0.29) is 5.41 Å². The van der Waals surface area contributed by atoms with Crippen molar-refractivity contribution in [2.45, 2.75) is 25.2 Å². The third-order valence-corrected chi connectivity index (χ3v) is 6.37. The lowest BCUT2D eigenvalue weighted by molar-refractivity contribution is 0.589. The standard InChI is InChI=1S/C28H24/c1-2-28(22-13-5-3-6-14-22,23-15-7-4-8-16-23)27-19-11-18-25-24-17-10-9-12-21(24)20-26(25)27/h3-19H,2,20H2,1H3. The van der Waals surface area contributed by atoms with E-state index in [1.807, 2.05) is 0 Å². The first-order valence-corrected chi connectivity index (χ1v) is 10.2. The summed E-state index contributed by atoms with van der Waals surface area (Å²) in [5, 5.41) is 0. The number of fused-ring (bicyclic) bond motifs is 3. The summed E-state index contributed by atoms with van der Waals surface area (Å²) in [4.78, 5) is 0. The average Bonchev–Trinajstić information content (AvgIpc) is 3.16. The van der Waals surface area contributed by atoms with Crippen LogP contribution < -0.4 is 0 Å². The Labute approximate surface area is 167 Å². The Morgan fingerprint density at radius 2 is 1.18 bits per heavy atom. The minimum atomic E-state index is -0.143. The van der Waals surface area contributed by atoms with Crippen LogP contribution in [0.15, 0.2) is 103 Å². The Balaban J connectivity index is 1.82. The maximum absolute atomic E-state index is 2.36. The second-order valence-electron chi connectivity index (χ2n) is 7.66. The molecule has 0 radical (unpaired) electrons. The van der Waals surface area contributed by atoms with Crippen LogP contribution in [0.2, 0.25) is 0 Å². The van der Waals surface area contributed by atoms with Gasteiger partial charge < -0.3 is 0 Å². The van der Waals surface area contributed by atoms with Crippen molar-refractivity contribution >= 4 is 0 Å². The largest absolute Gasteiger partial charge is 0.0639 e. The van der Waals surface area contributed by atoms with Crippen molar-refractivity contribution in [3.05, 3.63) is 131 Å². The molecule has 0 unspecified atom stereocenters. The van der Waals surface area contributed by atoms with Gasteiger partial charge in [-0.1, -0.05) is 110 Å². The SMILES string of the molecule is CCC(c1ccccc1)(c1ccccc1)c1cccc2c1Cc1ccccc1-2. The quantitative estimate of drug-likeness (QED) is 0.303. The van der Waals surface area contributed by atoms with E-state index in [0.717, 1.165) is 12.8 Å². The Morgan fingerprint density at radius 3 is 1.82 bits per heavy atom. The highest BCUT2D eigenvalue weighted by Gasteiger charge is 2.38. The van der Waals surface area contributed by atoms with E-state index in [9.17, 15) is 0 Å². The predicted octanol–water partition coefficient (Wildman–Crippen LogP) is 7.00. The normalized spacial score (nSPS) is 12.5. The first-order chi connectivity index (χ1) is 13.8. The van der Waals surface area contributed by atoms with Gasteiger partial charge in [-0.2, -0.15) is 0 Å². The molecule has 0 bridgehead atoms. The molecule has 136 valence electrons. The van der Waals surface area contributed by atoms with E-state index in [1.54, 1.807) is 0 Å². The Bertz CT molecular complexity index is 1070. The molecule has 0 aromatic heterocycles. The Hall–Kier alpha value is -3.12. The van der Waals surface area contributed by atoms with E-state index in [2.05, 4.69) is 110 Å². The topological polar surface area (TPSA) is 0 Å². The Morgan fingerprint density at radius 1 is 0.607 bits per heavy atom. The van der Waals surface area contributed by atoms with Crippen LogP contribution in [0.25, 0.3) is 11.1 Å². The monoisotopic (exact) mass is 360 g/mol. The van der Waals surface area contributed by atoms with Gasteiger partial charge in [0.05, 0.1) is 0 Å². The summed E-state index contributed by atoms with van der Waals surface area (Å²) in [5.74, 6) is 0. The van der Waals surface area contributed by atoms with E-state index in [0.29, 0.717) is 0 Å². The summed E-state index contributed by atoms with van der Waals surface area (Å²) in [6.07, 6.45) is 2.04. The number of benzene rings is 4.